The summed E-state index contributed by atoms with van der Waals surface area (Å²) >= 11 is 0. The number of carboxylic acid groups (broad SMARTS) is 1. The first-order valence-corrected chi connectivity index (χ1v) is 7.33. The van der Waals surface area contributed by atoms with Crippen LogP contribution >= 0.6 is 0 Å². The minimum absolute atomic E-state index is 0.0650. The van der Waals surface area contributed by atoms with Crippen LogP contribution in [0, 0.1) is 0 Å². The van der Waals surface area contributed by atoms with Crippen molar-refractivity contribution in [3.8, 4) is 0 Å². The van der Waals surface area contributed by atoms with Crippen molar-refractivity contribution in [2.75, 3.05) is 6.54 Å². The molecule has 0 bridgehead atoms. The SMILES string of the molecule is O=C(O)c1cccc2c1CN(Cc1ccncc1C(F)F)CC2. The number of aromatic carboxylic acids is 1. The van der Waals surface area contributed by atoms with Crippen molar-refractivity contribution < 1.29 is 18.7 Å². The summed E-state index contributed by atoms with van der Waals surface area (Å²) in [6.45, 7) is 1.51. The van der Waals surface area contributed by atoms with Gasteiger partial charge in [0.15, 0.2) is 0 Å². The molecule has 1 aromatic heterocycles. The molecule has 1 aliphatic rings. The molecule has 3 rings (SSSR count). The Kier molecular flexibility index (Phi) is 4.34. The summed E-state index contributed by atoms with van der Waals surface area (Å²) in [7, 11) is 0. The third kappa shape index (κ3) is 3.22. The van der Waals surface area contributed by atoms with Crippen LogP contribution in [-0.2, 0) is 19.5 Å². The Hall–Kier alpha value is -2.34. The van der Waals surface area contributed by atoms with E-state index < -0.39 is 12.4 Å². The van der Waals surface area contributed by atoms with Gasteiger partial charge >= 0.3 is 5.97 Å². The first kappa shape index (κ1) is 15.6. The molecule has 0 saturated carbocycles. The van der Waals surface area contributed by atoms with Crippen LogP contribution in [0.4, 0.5) is 8.78 Å². The maximum Gasteiger partial charge on any atom is 0.336 e. The summed E-state index contributed by atoms with van der Waals surface area (Å²) in [6.07, 6.45) is 0.846. The molecule has 0 radical (unpaired) electrons. The number of hydrogen-bond acceptors (Lipinski definition) is 3. The van der Waals surface area contributed by atoms with Crippen LogP contribution in [0.5, 0.6) is 0 Å². The highest BCUT2D eigenvalue weighted by Crippen LogP contribution is 2.27. The molecule has 0 fully saturated rings. The molecule has 0 atom stereocenters. The number of hydrogen-bond donors (Lipinski definition) is 1. The molecule has 2 aromatic rings. The Morgan fingerprint density at radius 2 is 2.17 bits per heavy atom. The topological polar surface area (TPSA) is 53.4 Å². The van der Waals surface area contributed by atoms with E-state index in [2.05, 4.69) is 4.98 Å². The highest BCUT2D eigenvalue weighted by molar-refractivity contribution is 5.89. The van der Waals surface area contributed by atoms with Gasteiger partial charge in [-0.05, 0) is 35.2 Å². The van der Waals surface area contributed by atoms with Crippen molar-refractivity contribution >= 4 is 5.97 Å². The van der Waals surface area contributed by atoms with Gasteiger partial charge in [-0.25, -0.2) is 13.6 Å². The lowest BCUT2D eigenvalue weighted by atomic mass is 9.94. The summed E-state index contributed by atoms with van der Waals surface area (Å²) < 4.78 is 26.1. The van der Waals surface area contributed by atoms with Gasteiger partial charge in [0.05, 0.1) is 5.56 Å². The number of aromatic nitrogens is 1. The summed E-state index contributed by atoms with van der Waals surface area (Å²) in [5.41, 5.74) is 2.55. The molecule has 0 aliphatic carbocycles. The van der Waals surface area contributed by atoms with Gasteiger partial charge in [-0.3, -0.25) is 9.88 Å². The molecule has 23 heavy (non-hydrogen) atoms. The smallest absolute Gasteiger partial charge is 0.336 e. The van der Waals surface area contributed by atoms with Crippen molar-refractivity contribution in [2.45, 2.75) is 25.9 Å². The Bertz CT molecular complexity index is 734. The molecule has 0 amide bonds. The van der Waals surface area contributed by atoms with Gasteiger partial charge in [-0.1, -0.05) is 12.1 Å². The molecule has 0 spiro atoms. The van der Waals surface area contributed by atoms with Crippen molar-refractivity contribution in [1.29, 1.82) is 0 Å². The quantitative estimate of drug-likeness (QED) is 0.940. The average molecular weight is 318 g/mol. The first-order chi connectivity index (χ1) is 11.1. The van der Waals surface area contributed by atoms with Gasteiger partial charge in [-0.2, -0.15) is 0 Å². The number of alkyl halides is 2. The van der Waals surface area contributed by atoms with E-state index >= 15 is 0 Å². The Labute approximate surface area is 132 Å². The van der Waals surface area contributed by atoms with Gasteiger partial charge in [-0.15, -0.1) is 0 Å². The summed E-state index contributed by atoms with van der Waals surface area (Å²) in [5.74, 6) is -0.958. The number of pyridine rings is 1. The number of rotatable bonds is 4. The van der Waals surface area contributed by atoms with Crippen LogP contribution in [0.2, 0.25) is 0 Å². The highest BCUT2D eigenvalue weighted by Gasteiger charge is 2.23. The molecule has 0 unspecified atom stereocenters. The zero-order chi connectivity index (χ0) is 16.4. The molecule has 4 nitrogen and oxygen atoms in total. The molecule has 1 N–H and O–H groups in total. The fourth-order valence-corrected chi connectivity index (χ4v) is 2.99. The van der Waals surface area contributed by atoms with Crippen molar-refractivity contribution in [3.63, 3.8) is 0 Å². The van der Waals surface area contributed by atoms with E-state index in [1.54, 1.807) is 18.2 Å². The van der Waals surface area contributed by atoms with E-state index in [9.17, 15) is 18.7 Å². The Morgan fingerprint density at radius 3 is 2.91 bits per heavy atom. The lowest BCUT2D eigenvalue weighted by Crippen LogP contribution is -2.31. The monoisotopic (exact) mass is 318 g/mol. The van der Waals surface area contributed by atoms with E-state index in [1.807, 2.05) is 11.0 Å². The van der Waals surface area contributed by atoms with Crippen molar-refractivity contribution in [2.24, 2.45) is 0 Å². The maximum absolute atomic E-state index is 13.1. The van der Waals surface area contributed by atoms with Crippen LogP contribution < -0.4 is 0 Å². The molecular weight excluding hydrogens is 302 g/mol. The summed E-state index contributed by atoms with van der Waals surface area (Å²) in [4.78, 5) is 17.1. The normalized spacial score (nSPS) is 14.7. The van der Waals surface area contributed by atoms with Crippen LogP contribution in [-0.4, -0.2) is 27.5 Å². The Morgan fingerprint density at radius 1 is 1.35 bits per heavy atom. The van der Waals surface area contributed by atoms with E-state index in [0.29, 0.717) is 31.6 Å². The van der Waals surface area contributed by atoms with Crippen LogP contribution in [0.3, 0.4) is 0 Å². The largest absolute Gasteiger partial charge is 0.478 e. The predicted octanol–water partition coefficient (Wildman–Crippen LogP) is 3.28. The number of nitrogens with zero attached hydrogens (tertiary/aromatic N) is 2. The van der Waals surface area contributed by atoms with Crippen LogP contribution in [0.15, 0.2) is 36.7 Å². The van der Waals surface area contributed by atoms with E-state index in [4.69, 9.17) is 0 Å². The second kappa shape index (κ2) is 6.42. The zero-order valence-electron chi connectivity index (χ0n) is 12.4. The van der Waals surface area contributed by atoms with Gasteiger partial charge < -0.3 is 5.11 Å². The lowest BCUT2D eigenvalue weighted by molar-refractivity contribution is 0.0693. The van der Waals surface area contributed by atoms with Crippen LogP contribution in [0.25, 0.3) is 0 Å². The van der Waals surface area contributed by atoms with Gasteiger partial charge in [0.25, 0.3) is 6.43 Å². The molecule has 1 aromatic carbocycles. The first-order valence-electron chi connectivity index (χ1n) is 7.33. The second-order valence-electron chi connectivity index (χ2n) is 5.58. The van der Waals surface area contributed by atoms with E-state index in [1.165, 1.54) is 12.4 Å². The summed E-state index contributed by atoms with van der Waals surface area (Å²) in [5, 5.41) is 9.31. The predicted molar refractivity (Wildman–Crippen MR) is 80.4 cm³/mol. The Balaban J connectivity index is 1.84. The number of benzene rings is 1. The molecule has 0 saturated heterocycles. The third-order valence-electron chi connectivity index (χ3n) is 4.16. The second-order valence-corrected chi connectivity index (χ2v) is 5.58. The lowest BCUT2D eigenvalue weighted by Gasteiger charge is -2.30. The highest BCUT2D eigenvalue weighted by atomic mass is 19.3. The van der Waals surface area contributed by atoms with Crippen molar-refractivity contribution in [1.82, 2.24) is 9.88 Å². The third-order valence-corrected chi connectivity index (χ3v) is 4.16. The van der Waals surface area contributed by atoms with Gasteiger partial charge in [0.2, 0.25) is 0 Å². The number of carbonyl (C=O) groups is 1. The maximum atomic E-state index is 13.1. The van der Waals surface area contributed by atoms with Crippen molar-refractivity contribution in [3.05, 3.63) is 64.5 Å². The fraction of sp³-hybridized carbons (Fsp3) is 0.294. The zero-order valence-corrected chi connectivity index (χ0v) is 12.4. The fourth-order valence-electron chi connectivity index (χ4n) is 2.99. The average Bonchev–Trinajstić information content (AvgIpc) is 2.54. The molecular formula is C17H16F2N2O2. The molecule has 120 valence electrons. The van der Waals surface area contributed by atoms with Gasteiger partial charge in [0, 0.05) is 37.6 Å². The molecule has 6 heteroatoms. The minimum Gasteiger partial charge on any atom is -0.478 e. The van der Waals surface area contributed by atoms with Gasteiger partial charge in [0.1, 0.15) is 0 Å². The summed E-state index contributed by atoms with van der Waals surface area (Å²) in [6, 6.07) is 6.85. The molecule has 2 heterocycles. The van der Waals surface area contributed by atoms with E-state index in [-0.39, 0.29) is 11.1 Å². The molecule has 1 aliphatic heterocycles. The number of fused-ring (bicyclic) bond motifs is 1. The number of halogens is 2. The van der Waals surface area contributed by atoms with Crippen LogP contribution in [0.1, 0.15) is 39.0 Å². The minimum atomic E-state index is -2.56. The van der Waals surface area contributed by atoms with E-state index in [0.717, 1.165) is 11.1 Å². The number of carboxylic acids is 1. The standard InChI is InChI=1S/C17H16F2N2O2/c18-16(19)14-8-20-6-4-12(14)9-21-7-5-11-2-1-3-13(17(22)23)15(11)10-21/h1-4,6,8,16H,5,7,9-10H2,(H,22,23).